The summed E-state index contributed by atoms with van der Waals surface area (Å²) < 4.78 is 7.95. The van der Waals surface area contributed by atoms with Crippen LogP contribution in [0.5, 0.6) is 0 Å². The van der Waals surface area contributed by atoms with Crippen molar-refractivity contribution in [1.82, 2.24) is 15.1 Å². The van der Waals surface area contributed by atoms with E-state index in [9.17, 15) is 4.79 Å². The molecule has 6 heteroatoms. The third kappa shape index (κ3) is 3.29. The van der Waals surface area contributed by atoms with Crippen molar-refractivity contribution in [3.8, 4) is 0 Å². The summed E-state index contributed by atoms with van der Waals surface area (Å²) in [4.78, 5) is 11.9. The molecule has 1 fully saturated rings. The molecule has 0 radical (unpaired) electrons. The van der Waals surface area contributed by atoms with E-state index in [4.69, 9.17) is 4.74 Å². The van der Waals surface area contributed by atoms with Crippen LogP contribution in [0, 0.1) is 0 Å². The van der Waals surface area contributed by atoms with E-state index in [1.165, 1.54) is 0 Å². The lowest BCUT2D eigenvalue weighted by Crippen LogP contribution is -2.36. The molecule has 0 saturated carbocycles. The number of hydrogen-bond acceptors (Lipinski definition) is 3. The number of nitrogens with one attached hydrogen (secondary N) is 1. The molecule has 1 aromatic heterocycles. The summed E-state index contributed by atoms with van der Waals surface area (Å²) in [5.41, 5.74) is 0. The Morgan fingerprint density at radius 1 is 1.82 bits per heavy atom. The van der Waals surface area contributed by atoms with Gasteiger partial charge in [-0.15, -0.1) is 0 Å². The predicted molar refractivity (Wildman–Crippen MR) is 66.6 cm³/mol. The highest BCUT2D eigenvalue weighted by Gasteiger charge is 2.19. The second-order valence-electron chi connectivity index (χ2n) is 4.19. The third-order valence-corrected chi connectivity index (χ3v) is 3.28. The number of ether oxygens (including phenoxy) is 1. The van der Waals surface area contributed by atoms with Crippen molar-refractivity contribution in [2.45, 2.75) is 31.9 Å². The van der Waals surface area contributed by atoms with E-state index in [1.54, 1.807) is 17.1 Å². The summed E-state index contributed by atoms with van der Waals surface area (Å²) in [7, 11) is 0. The largest absolute Gasteiger partial charge is 0.376 e. The minimum absolute atomic E-state index is 0.0314. The van der Waals surface area contributed by atoms with Gasteiger partial charge >= 0.3 is 0 Å². The molecule has 1 N–H and O–H groups in total. The van der Waals surface area contributed by atoms with Gasteiger partial charge in [-0.05, 0) is 35.7 Å². The van der Waals surface area contributed by atoms with E-state index in [1.807, 2.05) is 6.92 Å². The summed E-state index contributed by atoms with van der Waals surface area (Å²) in [6.07, 6.45) is 5.75. The van der Waals surface area contributed by atoms with Crippen molar-refractivity contribution in [3.63, 3.8) is 0 Å². The smallest absolute Gasteiger partial charge is 0.244 e. The highest BCUT2D eigenvalue weighted by Crippen LogP contribution is 2.13. The molecule has 0 spiro atoms. The Labute approximate surface area is 109 Å². The molecular weight excluding hydrogens is 286 g/mol. The number of carbonyl (C=O) groups excluding carboxylic acids is 1. The zero-order valence-electron chi connectivity index (χ0n) is 9.73. The van der Waals surface area contributed by atoms with E-state index in [-0.39, 0.29) is 18.1 Å². The highest BCUT2D eigenvalue weighted by atomic mass is 79.9. The van der Waals surface area contributed by atoms with Gasteiger partial charge in [0.1, 0.15) is 6.04 Å². The van der Waals surface area contributed by atoms with Crippen LogP contribution < -0.4 is 5.32 Å². The van der Waals surface area contributed by atoms with Gasteiger partial charge in [-0.3, -0.25) is 9.48 Å². The SMILES string of the molecule is CC(C(=O)NCC1CCCO1)n1cc(Br)cn1. The summed E-state index contributed by atoms with van der Waals surface area (Å²) in [6.45, 7) is 3.22. The van der Waals surface area contributed by atoms with Gasteiger partial charge < -0.3 is 10.1 Å². The van der Waals surface area contributed by atoms with E-state index >= 15 is 0 Å². The fourth-order valence-corrected chi connectivity index (χ4v) is 2.12. The van der Waals surface area contributed by atoms with Crippen LogP contribution in [0.25, 0.3) is 0 Å². The normalized spacial score (nSPS) is 21.4. The number of aromatic nitrogens is 2. The summed E-state index contributed by atoms with van der Waals surface area (Å²) >= 11 is 3.31. The van der Waals surface area contributed by atoms with Gasteiger partial charge in [0.05, 0.1) is 16.8 Å². The standard InChI is InChI=1S/C11H16BrN3O2/c1-8(15-7-9(12)5-14-15)11(16)13-6-10-3-2-4-17-10/h5,7-8,10H,2-4,6H2,1H3,(H,13,16). The molecule has 17 heavy (non-hydrogen) atoms. The lowest BCUT2D eigenvalue weighted by Gasteiger charge is -2.15. The Hall–Kier alpha value is -0.880. The molecule has 1 aromatic rings. The fraction of sp³-hybridized carbons (Fsp3) is 0.636. The van der Waals surface area contributed by atoms with Crippen molar-refractivity contribution in [2.75, 3.05) is 13.2 Å². The van der Waals surface area contributed by atoms with Crippen molar-refractivity contribution in [3.05, 3.63) is 16.9 Å². The van der Waals surface area contributed by atoms with Crippen LogP contribution >= 0.6 is 15.9 Å². The van der Waals surface area contributed by atoms with Crippen molar-refractivity contribution < 1.29 is 9.53 Å². The second-order valence-corrected chi connectivity index (χ2v) is 5.11. The second kappa shape index (κ2) is 5.64. The van der Waals surface area contributed by atoms with Gasteiger partial charge in [-0.1, -0.05) is 0 Å². The maximum absolute atomic E-state index is 11.9. The van der Waals surface area contributed by atoms with Crippen LogP contribution in [0.3, 0.4) is 0 Å². The van der Waals surface area contributed by atoms with Crippen LogP contribution in [0.2, 0.25) is 0 Å². The monoisotopic (exact) mass is 301 g/mol. The zero-order chi connectivity index (χ0) is 12.3. The van der Waals surface area contributed by atoms with E-state index in [0.29, 0.717) is 6.54 Å². The van der Waals surface area contributed by atoms with Crippen LogP contribution in [0.4, 0.5) is 0 Å². The van der Waals surface area contributed by atoms with Crippen molar-refractivity contribution >= 4 is 21.8 Å². The first-order valence-corrected chi connectivity index (χ1v) is 6.55. The van der Waals surface area contributed by atoms with Crippen LogP contribution in [0.15, 0.2) is 16.9 Å². The Morgan fingerprint density at radius 3 is 3.24 bits per heavy atom. The van der Waals surface area contributed by atoms with Crippen LogP contribution in [-0.4, -0.2) is 34.9 Å². The molecule has 1 aliphatic rings. The average Bonchev–Trinajstić information content (AvgIpc) is 2.95. The molecule has 0 aliphatic carbocycles. The minimum Gasteiger partial charge on any atom is -0.376 e. The molecular formula is C11H16BrN3O2. The number of carbonyl (C=O) groups is 1. The summed E-state index contributed by atoms with van der Waals surface area (Å²) in [6, 6.07) is -0.303. The quantitative estimate of drug-likeness (QED) is 0.917. The summed E-state index contributed by atoms with van der Waals surface area (Å²) in [5.74, 6) is -0.0314. The molecule has 0 bridgehead atoms. The molecule has 1 amide bonds. The molecule has 94 valence electrons. The Bertz CT molecular complexity index is 388. The molecule has 2 rings (SSSR count). The molecule has 2 atom stereocenters. The topological polar surface area (TPSA) is 56.1 Å². The third-order valence-electron chi connectivity index (χ3n) is 2.87. The van der Waals surface area contributed by atoms with Gasteiger partial charge in [0.2, 0.25) is 5.91 Å². The molecule has 0 aromatic carbocycles. The van der Waals surface area contributed by atoms with Gasteiger partial charge in [0.25, 0.3) is 0 Å². The highest BCUT2D eigenvalue weighted by molar-refractivity contribution is 9.10. The van der Waals surface area contributed by atoms with Crippen LogP contribution in [0.1, 0.15) is 25.8 Å². The first-order chi connectivity index (χ1) is 8.16. The number of nitrogens with zero attached hydrogens (tertiary/aromatic N) is 2. The molecule has 2 heterocycles. The van der Waals surface area contributed by atoms with Crippen molar-refractivity contribution in [1.29, 1.82) is 0 Å². The first-order valence-electron chi connectivity index (χ1n) is 5.76. The lowest BCUT2D eigenvalue weighted by molar-refractivity contribution is -0.124. The number of hydrogen-bond donors (Lipinski definition) is 1. The van der Waals surface area contributed by atoms with E-state index in [0.717, 1.165) is 23.9 Å². The maximum atomic E-state index is 11.9. The molecule has 2 unspecified atom stereocenters. The fourth-order valence-electron chi connectivity index (χ4n) is 1.81. The first kappa shape index (κ1) is 12.6. The Kier molecular flexibility index (Phi) is 4.17. The zero-order valence-corrected chi connectivity index (χ0v) is 11.3. The molecule has 1 aliphatic heterocycles. The van der Waals surface area contributed by atoms with E-state index < -0.39 is 0 Å². The minimum atomic E-state index is -0.303. The number of halogens is 1. The van der Waals surface area contributed by atoms with E-state index in [2.05, 4.69) is 26.3 Å². The van der Waals surface area contributed by atoms with Gasteiger partial charge in [-0.2, -0.15) is 5.10 Å². The van der Waals surface area contributed by atoms with Crippen LogP contribution in [-0.2, 0) is 9.53 Å². The number of amides is 1. The maximum Gasteiger partial charge on any atom is 0.244 e. The lowest BCUT2D eigenvalue weighted by atomic mass is 10.2. The molecule has 5 nitrogen and oxygen atoms in total. The van der Waals surface area contributed by atoms with Gasteiger partial charge in [0, 0.05) is 19.3 Å². The average molecular weight is 302 g/mol. The Morgan fingerprint density at radius 2 is 2.65 bits per heavy atom. The molecule has 1 saturated heterocycles. The van der Waals surface area contributed by atoms with Gasteiger partial charge in [0.15, 0.2) is 0 Å². The van der Waals surface area contributed by atoms with Crippen molar-refractivity contribution in [2.24, 2.45) is 0 Å². The summed E-state index contributed by atoms with van der Waals surface area (Å²) in [5, 5.41) is 6.99. The Balaban J connectivity index is 1.82. The predicted octanol–water partition coefficient (Wildman–Crippen LogP) is 1.50. The van der Waals surface area contributed by atoms with Gasteiger partial charge in [-0.25, -0.2) is 0 Å². The number of rotatable bonds is 4.